The average Bonchev–Trinajstić information content (AvgIpc) is 2.32. The molecule has 1 aromatic rings. The van der Waals surface area contributed by atoms with Crippen molar-refractivity contribution in [1.82, 2.24) is 9.88 Å². The Labute approximate surface area is 95.5 Å². The van der Waals surface area contributed by atoms with Gasteiger partial charge in [-0.15, -0.1) is 0 Å². The van der Waals surface area contributed by atoms with Crippen LogP contribution in [0.1, 0.15) is 11.6 Å². The molecule has 0 saturated carbocycles. The summed E-state index contributed by atoms with van der Waals surface area (Å²) in [4.78, 5) is 6.00. The van der Waals surface area contributed by atoms with Crippen molar-refractivity contribution in [2.75, 3.05) is 32.8 Å². The minimum Gasteiger partial charge on any atom is -0.395 e. The van der Waals surface area contributed by atoms with Crippen LogP contribution >= 0.6 is 0 Å². The predicted octanol–water partition coefficient (Wildman–Crippen LogP) is -0.632. The average molecular weight is 225 g/mol. The van der Waals surface area contributed by atoms with Gasteiger partial charge < -0.3 is 15.9 Å². The molecule has 5 heteroatoms. The first-order valence-electron chi connectivity index (χ1n) is 5.39. The molecule has 1 aromatic heterocycles. The molecule has 5 nitrogen and oxygen atoms in total. The molecule has 0 aliphatic carbocycles. The number of hydrogen-bond donors (Lipinski definition) is 3. The molecule has 0 bridgehead atoms. The fourth-order valence-electron chi connectivity index (χ4n) is 1.75. The van der Waals surface area contributed by atoms with Crippen LogP contribution in [0, 0.1) is 0 Å². The summed E-state index contributed by atoms with van der Waals surface area (Å²) in [6.45, 7) is 1.54. The van der Waals surface area contributed by atoms with Crippen molar-refractivity contribution in [2.45, 2.75) is 6.04 Å². The minimum atomic E-state index is -0.00648. The summed E-state index contributed by atoms with van der Waals surface area (Å²) in [6, 6.07) is 3.80. The van der Waals surface area contributed by atoms with Gasteiger partial charge in [-0.3, -0.25) is 9.88 Å². The zero-order valence-corrected chi connectivity index (χ0v) is 9.29. The number of hydrogen-bond acceptors (Lipinski definition) is 5. The molecule has 1 rings (SSSR count). The van der Waals surface area contributed by atoms with E-state index in [-0.39, 0.29) is 19.3 Å². The van der Waals surface area contributed by atoms with E-state index >= 15 is 0 Å². The number of nitrogens with two attached hydrogens (primary N) is 1. The second-order valence-corrected chi connectivity index (χ2v) is 3.52. The number of nitrogens with zero attached hydrogens (tertiary/aromatic N) is 2. The van der Waals surface area contributed by atoms with Gasteiger partial charge in [0.1, 0.15) is 0 Å². The highest BCUT2D eigenvalue weighted by molar-refractivity contribution is 5.14. The maximum absolute atomic E-state index is 8.97. The Kier molecular flexibility index (Phi) is 5.95. The van der Waals surface area contributed by atoms with Gasteiger partial charge in [-0.1, -0.05) is 6.07 Å². The molecule has 0 aliphatic rings. The molecule has 0 spiro atoms. The third-order valence-electron chi connectivity index (χ3n) is 2.51. The fourth-order valence-corrected chi connectivity index (χ4v) is 1.75. The number of aromatic nitrogens is 1. The number of rotatable bonds is 7. The maximum Gasteiger partial charge on any atom is 0.0558 e. The van der Waals surface area contributed by atoms with Gasteiger partial charge in [-0.2, -0.15) is 0 Å². The van der Waals surface area contributed by atoms with E-state index in [4.69, 9.17) is 15.9 Å². The summed E-state index contributed by atoms with van der Waals surface area (Å²) in [6.07, 6.45) is 3.47. The van der Waals surface area contributed by atoms with E-state index in [0.29, 0.717) is 19.6 Å². The number of pyridine rings is 1. The Morgan fingerprint density at radius 3 is 2.44 bits per heavy atom. The van der Waals surface area contributed by atoms with Crippen molar-refractivity contribution in [2.24, 2.45) is 5.73 Å². The molecule has 4 N–H and O–H groups in total. The van der Waals surface area contributed by atoms with Gasteiger partial charge in [-0.25, -0.2) is 0 Å². The SMILES string of the molecule is NCC(c1cccnc1)N(CCO)CCO. The topological polar surface area (TPSA) is 82.6 Å². The second-order valence-electron chi connectivity index (χ2n) is 3.52. The molecule has 90 valence electrons. The van der Waals surface area contributed by atoms with Crippen molar-refractivity contribution in [3.63, 3.8) is 0 Å². The standard InChI is InChI=1S/C11H19N3O2/c12-8-11(10-2-1-3-13-9-10)14(4-6-15)5-7-16/h1-3,9,11,15-16H,4-8,12H2. The van der Waals surface area contributed by atoms with Gasteiger partial charge >= 0.3 is 0 Å². The van der Waals surface area contributed by atoms with E-state index in [1.807, 2.05) is 17.0 Å². The van der Waals surface area contributed by atoms with Crippen molar-refractivity contribution < 1.29 is 10.2 Å². The monoisotopic (exact) mass is 225 g/mol. The normalized spacial score (nSPS) is 13.0. The highest BCUT2D eigenvalue weighted by Crippen LogP contribution is 2.17. The van der Waals surface area contributed by atoms with Gasteiger partial charge in [0.25, 0.3) is 0 Å². The van der Waals surface area contributed by atoms with E-state index in [0.717, 1.165) is 5.56 Å². The van der Waals surface area contributed by atoms with Gasteiger partial charge in [0.15, 0.2) is 0 Å². The summed E-state index contributed by atoms with van der Waals surface area (Å²) in [5, 5.41) is 17.9. The highest BCUT2D eigenvalue weighted by Gasteiger charge is 2.17. The van der Waals surface area contributed by atoms with Crippen LogP contribution in [0.5, 0.6) is 0 Å². The number of aliphatic hydroxyl groups excluding tert-OH is 2. The quantitative estimate of drug-likeness (QED) is 0.575. The summed E-state index contributed by atoms with van der Waals surface area (Å²) in [5.74, 6) is 0. The molecule has 16 heavy (non-hydrogen) atoms. The fraction of sp³-hybridized carbons (Fsp3) is 0.545. The van der Waals surface area contributed by atoms with Crippen molar-refractivity contribution in [3.05, 3.63) is 30.1 Å². The summed E-state index contributed by atoms with van der Waals surface area (Å²) >= 11 is 0. The lowest BCUT2D eigenvalue weighted by Crippen LogP contribution is -2.37. The van der Waals surface area contributed by atoms with Crippen molar-refractivity contribution in [1.29, 1.82) is 0 Å². The molecule has 0 radical (unpaired) electrons. The third kappa shape index (κ3) is 3.53. The lowest BCUT2D eigenvalue weighted by molar-refractivity contribution is 0.124. The molecule has 1 heterocycles. The van der Waals surface area contributed by atoms with E-state index in [1.165, 1.54) is 0 Å². The van der Waals surface area contributed by atoms with E-state index in [9.17, 15) is 0 Å². The predicted molar refractivity (Wildman–Crippen MR) is 61.8 cm³/mol. The maximum atomic E-state index is 8.97. The molecule has 0 fully saturated rings. The summed E-state index contributed by atoms with van der Waals surface area (Å²) in [7, 11) is 0. The summed E-state index contributed by atoms with van der Waals surface area (Å²) in [5.41, 5.74) is 6.74. The first kappa shape index (κ1) is 13.1. The molecule has 0 aliphatic heterocycles. The van der Waals surface area contributed by atoms with Crippen LogP contribution < -0.4 is 5.73 Å². The van der Waals surface area contributed by atoms with Gasteiger partial charge in [0.05, 0.1) is 13.2 Å². The van der Waals surface area contributed by atoms with E-state index in [1.54, 1.807) is 12.4 Å². The second kappa shape index (κ2) is 7.29. The Balaban J connectivity index is 2.77. The third-order valence-corrected chi connectivity index (χ3v) is 2.51. The largest absolute Gasteiger partial charge is 0.395 e. The zero-order valence-electron chi connectivity index (χ0n) is 9.29. The molecule has 0 saturated heterocycles. The van der Waals surface area contributed by atoms with Crippen LogP contribution in [0.4, 0.5) is 0 Å². The Bertz CT molecular complexity index is 276. The molecular weight excluding hydrogens is 206 g/mol. The lowest BCUT2D eigenvalue weighted by atomic mass is 10.1. The molecule has 0 aromatic carbocycles. The van der Waals surface area contributed by atoms with E-state index in [2.05, 4.69) is 4.98 Å². The Morgan fingerprint density at radius 2 is 2.00 bits per heavy atom. The van der Waals surface area contributed by atoms with Gasteiger partial charge in [-0.05, 0) is 11.6 Å². The molecular formula is C11H19N3O2. The Morgan fingerprint density at radius 1 is 1.31 bits per heavy atom. The van der Waals surface area contributed by atoms with Crippen LogP contribution in [-0.4, -0.2) is 52.9 Å². The molecule has 1 atom stereocenters. The smallest absolute Gasteiger partial charge is 0.0558 e. The van der Waals surface area contributed by atoms with Crippen LogP contribution in [-0.2, 0) is 0 Å². The lowest BCUT2D eigenvalue weighted by Gasteiger charge is -2.29. The minimum absolute atomic E-state index is 0.00648. The van der Waals surface area contributed by atoms with Crippen LogP contribution in [0.2, 0.25) is 0 Å². The van der Waals surface area contributed by atoms with Gasteiger partial charge in [0, 0.05) is 38.1 Å². The van der Waals surface area contributed by atoms with Gasteiger partial charge in [0.2, 0.25) is 0 Å². The summed E-state index contributed by atoms with van der Waals surface area (Å²) < 4.78 is 0. The first-order valence-corrected chi connectivity index (χ1v) is 5.39. The van der Waals surface area contributed by atoms with E-state index < -0.39 is 0 Å². The van der Waals surface area contributed by atoms with Crippen LogP contribution in [0.15, 0.2) is 24.5 Å². The first-order chi connectivity index (χ1) is 7.83. The Hall–Kier alpha value is -1.01. The zero-order chi connectivity index (χ0) is 11.8. The molecule has 1 unspecified atom stereocenters. The highest BCUT2D eigenvalue weighted by atomic mass is 16.3. The van der Waals surface area contributed by atoms with Crippen molar-refractivity contribution >= 4 is 0 Å². The number of aliphatic hydroxyl groups is 2. The van der Waals surface area contributed by atoms with Crippen LogP contribution in [0.25, 0.3) is 0 Å². The molecule has 0 amide bonds. The van der Waals surface area contributed by atoms with Crippen LogP contribution in [0.3, 0.4) is 0 Å². The van der Waals surface area contributed by atoms with Crippen molar-refractivity contribution in [3.8, 4) is 0 Å².